The summed E-state index contributed by atoms with van der Waals surface area (Å²) in [5.41, 5.74) is 0.839. The summed E-state index contributed by atoms with van der Waals surface area (Å²) in [7, 11) is -3.48. The zero-order valence-electron chi connectivity index (χ0n) is 12.2. The summed E-state index contributed by atoms with van der Waals surface area (Å²) >= 11 is 1.19. The van der Waals surface area contributed by atoms with E-state index in [-0.39, 0.29) is 27.7 Å². The SMILES string of the molecule is N#Cc1cnc(-c2nc(CS(=O)(=O)c3ccccc3)cs2)c(O)c1. The van der Waals surface area contributed by atoms with Crippen LogP contribution in [0.4, 0.5) is 0 Å². The average molecular weight is 357 g/mol. The van der Waals surface area contributed by atoms with Crippen molar-refractivity contribution in [2.75, 3.05) is 0 Å². The summed E-state index contributed by atoms with van der Waals surface area (Å²) < 4.78 is 24.7. The molecule has 2 aromatic heterocycles. The van der Waals surface area contributed by atoms with Gasteiger partial charge in [-0.2, -0.15) is 5.26 Å². The topological polar surface area (TPSA) is 104 Å². The molecular formula is C16H11N3O3S2. The van der Waals surface area contributed by atoms with Crippen molar-refractivity contribution in [1.82, 2.24) is 9.97 Å². The number of aromatic hydroxyl groups is 1. The van der Waals surface area contributed by atoms with Gasteiger partial charge in [-0.15, -0.1) is 11.3 Å². The number of aromatic nitrogens is 2. The Hall–Kier alpha value is -2.76. The van der Waals surface area contributed by atoms with Crippen LogP contribution in [0.3, 0.4) is 0 Å². The molecule has 3 aromatic rings. The maximum atomic E-state index is 12.4. The van der Waals surface area contributed by atoms with Crippen LogP contribution < -0.4 is 0 Å². The molecule has 0 radical (unpaired) electrons. The van der Waals surface area contributed by atoms with Gasteiger partial charge in [-0.1, -0.05) is 18.2 Å². The van der Waals surface area contributed by atoms with E-state index in [1.165, 1.54) is 35.7 Å². The highest BCUT2D eigenvalue weighted by molar-refractivity contribution is 7.90. The van der Waals surface area contributed by atoms with Crippen LogP contribution in [0, 0.1) is 11.3 Å². The van der Waals surface area contributed by atoms with Gasteiger partial charge in [0.1, 0.15) is 22.5 Å². The average Bonchev–Trinajstić information content (AvgIpc) is 3.03. The summed E-state index contributed by atoms with van der Waals surface area (Å²) in [4.78, 5) is 8.49. The van der Waals surface area contributed by atoms with Gasteiger partial charge < -0.3 is 5.11 Å². The lowest BCUT2D eigenvalue weighted by Crippen LogP contribution is -2.05. The molecule has 0 aliphatic heterocycles. The van der Waals surface area contributed by atoms with Crippen LogP contribution in [0.2, 0.25) is 0 Å². The molecule has 0 spiro atoms. The Morgan fingerprint density at radius 1 is 1.25 bits per heavy atom. The van der Waals surface area contributed by atoms with Gasteiger partial charge in [0.25, 0.3) is 0 Å². The van der Waals surface area contributed by atoms with Gasteiger partial charge in [-0.05, 0) is 12.1 Å². The third kappa shape index (κ3) is 3.27. The van der Waals surface area contributed by atoms with Crippen LogP contribution in [0.1, 0.15) is 11.3 Å². The highest BCUT2D eigenvalue weighted by Gasteiger charge is 2.18. The molecule has 24 heavy (non-hydrogen) atoms. The molecule has 0 saturated carbocycles. The van der Waals surface area contributed by atoms with Crippen molar-refractivity contribution in [1.29, 1.82) is 5.26 Å². The van der Waals surface area contributed by atoms with E-state index >= 15 is 0 Å². The number of hydrogen-bond acceptors (Lipinski definition) is 7. The Morgan fingerprint density at radius 3 is 2.67 bits per heavy atom. The van der Waals surface area contributed by atoms with E-state index in [9.17, 15) is 13.5 Å². The number of hydrogen-bond donors (Lipinski definition) is 1. The lowest BCUT2D eigenvalue weighted by Gasteiger charge is -2.02. The second-order valence-electron chi connectivity index (χ2n) is 4.92. The summed E-state index contributed by atoms with van der Waals surface area (Å²) in [5, 5.41) is 20.7. The van der Waals surface area contributed by atoms with Crippen molar-refractivity contribution in [2.45, 2.75) is 10.6 Å². The van der Waals surface area contributed by atoms with Gasteiger partial charge in [0.15, 0.2) is 9.84 Å². The fraction of sp³-hybridized carbons (Fsp3) is 0.0625. The van der Waals surface area contributed by atoms with Crippen molar-refractivity contribution >= 4 is 21.2 Å². The van der Waals surface area contributed by atoms with E-state index in [1.807, 2.05) is 6.07 Å². The molecule has 0 atom stereocenters. The molecule has 8 heteroatoms. The molecule has 0 fully saturated rings. The highest BCUT2D eigenvalue weighted by atomic mass is 32.2. The molecule has 0 aliphatic rings. The van der Waals surface area contributed by atoms with Gasteiger partial charge in [0.2, 0.25) is 0 Å². The van der Waals surface area contributed by atoms with Gasteiger partial charge in [0.05, 0.1) is 21.9 Å². The fourth-order valence-electron chi connectivity index (χ4n) is 2.07. The lowest BCUT2D eigenvalue weighted by molar-refractivity contribution is 0.475. The van der Waals surface area contributed by atoms with Crippen molar-refractivity contribution in [3.05, 3.63) is 59.2 Å². The van der Waals surface area contributed by atoms with Gasteiger partial charge in [-0.3, -0.25) is 0 Å². The van der Waals surface area contributed by atoms with E-state index in [0.29, 0.717) is 10.7 Å². The number of rotatable bonds is 4. The molecule has 0 saturated heterocycles. The molecule has 0 amide bonds. The van der Waals surface area contributed by atoms with Crippen LogP contribution in [0.5, 0.6) is 5.75 Å². The maximum absolute atomic E-state index is 12.4. The number of thiazole rings is 1. The minimum Gasteiger partial charge on any atom is -0.506 e. The first-order valence-corrected chi connectivity index (χ1v) is 9.34. The first kappa shape index (κ1) is 16.1. The molecule has 0 bridgehead atoms. The molecular weight excluding hydrogens is 346 g/mol. The second kappa shape index (κ2) is 6.39. The predicted molar refractivity (Wildman–Crippen MR) is 89.1 cm³/mol. The number of nitrogens with zero attached hydrogens (tertiary/aromatic N) is 3. The summed E-state index contributed by atoms with van der Waals surface area (Å²) in [6.45, 7) is 0. The molecule has 2 heterocycles. The zero-order chi connectivity index (χ0) is 17.2. The van der Waals surface area contributed by atoms with Gasteiger partial charge in [0, 0.05) is 17.6 Å². The normalized spacial score (nSPS) is 11.1. The minimum atomic E-state index is -3.48. The molecule has 3 rings (SSSR count). The largest absolute Gasteiger partial charge is 0.506 e. The third-order valence-electron chi connectivity index (χ3n) is 3.19. The molecule has 1 aromatic carbocycles. The lowest BCUT2D eigenvalue weighted by atomic mass is 10.2. The van der Waals surface area contributed by atoms with Crippen molar-refractivity contribution in [3.63, 3.8) is 0 Å². The maximum Gasteiger partial charge on any atom is 0.184 e. The summed E-state index contributed by atoms with van der Waals surface area (Å²) in [6, 6.07) is 11.3. The smallest absolute Gasteiger partial charge is 0.184 e. The first-order chi connectivity index (χ1) is 11.5. The third-order valence-corrected chi connectivity index (χ3v) is 5.76. The number of pyridine rings is 1. The Kier molecular flexibility index (Phi) is 4.29. The molecule has 0 aliphatic carbocycles. The van der Waals surface area contributed by atoms with E-state index in [2.05, 4.69) is 9.97 Å². The van der Waals surface area contributed by atoms with Crippen LogP contribution in [-0.2, 0) is 15.6 Å². The second-order valence-corrected chi connectivity index (χ2v) is 7.77. The number of nitriles is 1. The summed E-state index contributed by atoms with van der Waals surface area (Å²) in [5.74, 6) is -0.397. The monoisotopic (exact) mass is 357 g/mol. The predicted octanol–water partition coefficient (Wildman–Crippen LogP) is 2.76. The number of sulfone groups is 1. The highest BCUT2D eigenvalue weighted by Crippen LogP contribution is 2.30. The van der Waals surface area contributed by atoms with Gasteiger partial charge in [-0.25, -0.2) is 18.4 Å². The van der Waals surface area contributed by atoms with Crippen molar-refractivity contribution < 1.29 is 13.5 Å². The van der Waals surface area contributed by atoms with E-state index in [1.54, 1.807) is 23.6 Å². The Morgan fingerprint density at radius 2 is 2.00 bits per heavy atom. The van der Waals surface area contributed by atoms with Crippen molar-refractivity contribution in [3.8, 4) is 22.5 Å². The zero-order valence-corrected chi connectivity index (χ0v) is 13.9. The Labute approximate surface area is 142 Å². The summed E-state index contributed by atoms with van der Waals surface area (Å²) in [6.07, 6.45) is 1.33. The van der Waals surface area contributed by atoms with Gasteiger partial charge >= 0.3 is 0 Å². The first-order valence-electron chi connectivity index (χ1n) is 6.81. The Bertz CT molecular complexity index is 1020. The molecule has 6 nitrogen and oxygen atoms in total. The van der Waals surface area contributed by atoms with Crippen LogP contribution in [0.15, 0.2) is 52.9 Å². The fourth-order valence-corrected chi connectivity index (χ4v) is 4.27. The van der Waals surface area contributed by atoms with Crippen LogP contribution in [-0.4, -0.2) is 23.5 Å². The molecule has 120 valence electrons. The van der Waals surface area contributed by atoms with E-state index < -0.39 is 9.84 Å². The van der Waals surface area contributed by atoms with E-state index in [0.717, 1.165) is 0 Å². The Balaban J connectivity index is 1.88. The molecule has 0 unspecified atom stereocenters. The standard InChI is InChI=1S/C16H11N3O3S2/c17-7-11-6-14(20)15(18-8-11)16-19-12(9-23-16)10-24(21,22)13-4-2-1-3-5-13/h1-6,8-9,20H,10H2. The minimum absolute atomic E-state index is 0.166. The van der Waals surface area contributed by atoms with Crippen molar-refractivity contribution in [2.24, 2.45) is 0 Å². The number of benzene rings is 1. The quantitative estimate of drug-likeness (QED) is 0.770. The van der Waals surface area contributed by atoms with E-state index in [4.69, 9.17) is 5.26 Å². The molecule has 1 N–H and O–H groups in total. The van der Waals surface area contributed by atoms with Crippen LogP contribution >= 0.6 is 11.3 Å². The van der Waals surface area contributed by atoms with Crippen LogP contribution in [0.25, 0.3) is 10.7 Å².